The lowest BCUT2D eigenvalue weighted by atomic mass is 9.91. The molecule has 0 fully saturated rings. The average Bonchev–Trinajstić information content (AvgIpc) is 2.46. The molecule has 0 saturated carbocycles. The van der Waals surface area contributed by atoms with Gasteiger partial charge in [0.2, 0.25) is 0 Å². The van der Waals surface area contributed by atoms with E-state index in [9.17, 15) is 17.9 Å². The summed E-state index contributed by atoms with van der Waals surface area (Å²) in [6, 6.07) is 4.05. The molecule has 1 atom stereocenters. The van der Waals surface area contributed by atoms with Crippen LogP contribution >= 0.6 is 15.9 Å². The highest BCUT2D eigenvalue weighted by molar-refractivity contribution is 9.10. The van der Waals surface area contributed by atoms with Crippen molar-refractivity contribution in [2.45, 2.75) is 50.9 Å². The fourth-order valence-electron chi connectivity index (χ4n) is 1.98. The van der Waals surface area contributed by atoms with E-state index in [2.05, 4.69) is 49.8 Å². The lowest BCUT2D eigenvalue weighted by Crippen LogP contribution is -2.42. The number of benzene rings is 1. The number of halogens is 2. The Balaban J connectivity index is 3.03. The van der Waals surface area contributed by atoms with Crippen LogP contribution in [0.4, 0.5) is 4.39 Å². The van der Waals surface area contributed by atoms with Crippen LogP contribution in [0.2, 0.25) is 18.1 Å². The minimum atomic E-state index is -3.74. The van der Waals surface area contributed by atoms with E-state index in [0.717, 1.165) is 6.26 Å². The third-order valence-electron chi connectivity index (χ3n) is 4.75. The minimum Gasteiger partial charge on any atom is -0.417 e. The standard InChI is InChI=1S/C17H28BrFO5SSi/c1-16(2,3)26(5,6)24-10-9-17(20,12-23-25(4,21)22)13-7-8-15(19)14(18)11-13/h7-8,11,20H,9-10,12H2,1-6H3/t17-/m0/s1. The molecular formula is C17H28BrFO5SSi. The fraction of sp³-hybridized carbons (Fsp3) is 0.647. The van der Waals surface area contributed by atoms with Crippen molar-refractivity contribution in [2.24, 2.45) is 0 Å². The smallest absolute Gasteiger partial charge is 0.264 e. The van der Waals surface area contributed by atoms with Gasteiger partial charge in [-0.2, -0.15) is 8.42 Å². The van der Waals surface area contributed by atoms with Gasteiger partial charge in [0.05, 0.1) is 17.3 Å². The summed E-state index contributed by atoms with van der Waals surface area (Å²) in [7, 11) is -5.76. The molecule has 150 valence electrons. The Morgan fingerprint density at radius 2 is 1.85 bits per heavy atom. The van der Waals surface area contributed by atoms with Gasteiger partial charge in [-0.25, -0.2) is 4.39 Å². The van der Waals surface area contributed by atoms with Crippen LogP contribution < -0.4 is 0 Å². The van der Waals surface area contributed by atoms with Crippen LogP contribution in [-0.4, -0.2) is 41.3 Å². The molecule has 1 N–H and O–H groups in total. The van der Waals surface area contributed by atoms with Crippen LogP contribution in [0.15, 0.2) is 22.7 Å². The molecule has 26 heavy (non-hydrogen) atoms. The first-order valence-electron chi connectivity index (χ1n) is 8.24. The molecule has 0 amide bonds. The summed E-state index contributed by atoms with van der Waals surface area (Å²) in [5.41, 5.74) is -1.27. The molecule has 0 aliphatic rings. The molecule has 0 radical (unpaired) electrons. The van der Waals surface area contributed by atoms with Crippen LogP contribution in [0, 0.1) is 5.82 Å². The Hall–Kier alpha value is -0.323. The van der Waals surface area contributed by atoms with Crippen molar-refractivity contribution in [3.05, 3.63) is 34.1 Å². The summed E-state index contributed by atoms with van der Waals surface area (Å²) in [5.74, 6) is -0.474. The molecule has 0 spiro atoms. The average molecular weight is 471 g/mol. The first kappa shape index (κ1) is 23.7. The van der Waals surface area contributed by atoms with E-state index in [1.54, 1.807) is 0 Å². The summed E-state index contributed by atoms with van der Waals surface area (Å²) >= 11 is 3.09. The van der Waals surface area contributed by atoms with Crippen molar-refractivity contribution in [1.29, 1.82) is 0 Å². The van der Waals surface area contributed by atoms with Crippen LogP contribution in [-0.2, 0) is 24.3 Å². The van der Waals surface area contributed by atoms with Gasteiger partial charge in [0.1, 0.15) is 11.4 Å². The lowest BCUT2D eigenvalue weighted by molar-refractivity contribution is -0.0252. The van der Waals surface area contributed by atoms with E-state index in [4.69, 9.17) is 8.61 Å². The van der Waals surface area contributed by atoms with Gasteiger partial charge in [0.15, 0.2) is 8.32 Å². The Morgan fingerprint density at radius 3 is 2.31 bits per heavy atom. The first-order valence-corrected chi connectivity index (χ1v) is 13.8. The Kier molecular flexibility index (Phi) is 7.63. The largest absolute Gasteiger partial charge is 0.417 e. The van der Waals surface area contributed by atoms with E-state index in [-0.39, 0.29) is 22.5 Å². The minimum absolute atomic E-state index is 0.00722. The van der Waals surface area contributed by atoms with Crippen LogP contribution in [0.5, 0.6) is 0 Å². The number of aliphatic hydroxyl groups is 1. The second-order valence-electron chi connectivity index (χ2n) is 7.99. The van der Waals surface area contributed by atoms with Crippen molar-refractivity contribution in [3.8, 4) is 0 Å². The molecule has 1 aromatic carbocycles. The summed E-state index contributed by atoms with van der Waals surface area (Å²) in [6.07, 6.45) is 1.03. The zero-order chi connectivity index (χ0) is 20.4. The number of hydrogen-bond donors (Lipinski definition) is 1. The summed E-state index contributed by atoms with van der Waals surface area (Å²) in [5, 5.41) is 11.1. The summed E-state index contributed by atoms with van der Waals surface area (Å²) in [4.78, 5) is 0. The van der Waals surface area contributed by atoms with E-state index < -0.39 is 36.5 Å². The van der Waals surface area contributed by atoms with E-state index in [1.807, 2.05) is 0 Å². The monoisotopic (exact) mass is 470 g/mol. The molecule has 0 aliphatic heterocycles. The maximum absolute atomic E-state index is 13.5. The highest BCUT2D eigenvalue weighted by Gasteiger charge is 2.38. The third kappa shape index (κ3) is 6.69. The quantitative estimate of drug-likeness (QED) is 0.455. The fourth-order valence-corrected chi connectivity index (χ4v) is 3.81. The maximum Gasteiger partial charge on any atom is 0.264 e. The Labute approximate surface area is 165 Å². The molecule has 0 bridgehead atoms. The molecule has 0 unspecified atom stereocenters. The predicted molar refractivity (Wildman–Crippen MR) is 107 cm³/mol. The van der Waals surface area contributed by atoms with Gasteiger partial charge in [-0.3, -0.25) is 4.18 Å². The molecule has 0 saturated heterocycles. The SMILES string of the molecule is CC(C)(C)[Si](C)(C)OCC[C@](O)(COS(C)(=O)=O)c1ccc(F)c(Br)c1. The van der Waals surface area contributed by atoms with Gasteiger partial charge in [-0.05, 0) is 51.8 Å². The zero-order valence-electron chi connectivity index (χ0n) is 16.1. The maximum atomic E-state index is 13.5. The molecule has 0 aliphatic carbocycles. The molecule has 5 nitrogen and oxygen atoms in total. The van der Waals surface area contributed by atoms with Gasteiger partial charge >= 0.3 is 0 Å². The highest BCUT2D eigenvalue weighted by atomic mass is 79.9. The second kappa shape index (κ2) is 8.36. The first-order chi connectivity index (χ1) is 11.6. The molecule has 0 aromatic heterocycles. The summed E-state index contributed by atoms with van der Waals surface area (Å²) < 4.78 is 47.4. The van der Waals surface area contributed by atoms with E-state index >= 15 is 0 Å². The van der Waals surface area contributed by atoms with Crippen LogP contribution in [0.25, 0.3) is 0 Å². The van der Waals surface area contributed by atoms with Gasteiger partial charge in [0.25, 0.3) is 10.1 Å². The molecular weight excluding hydrogens is 443 g/mol. The highest BCUT2D eigenvalue weighted by Crippen LogP contribution is 2.37. The predicted octanol–water partition coefficient (Wildman–Crippen LogP) is 4.16. The van der Waals surface area contributed by atoms with Gasteiger partial charge < -0.3 is 9.53 Å². The Bertz CT molecular complexity index is 733. The molecule has 9 heteroatoms. The van der Waals surface area contributed by atoms with E-state index in [0.29, 0.717) is 5.56 Å². The van der Waals surface area contributed by atoms with Crippen molar-refractivity contribution < 1.29 is 26.5 Å². The molecule has 1 rings (SSSR count). The molecule has 0 heterocycles. The number of hydrogen-bond acceptors (Lipinski definition) is 5. The van der Waals surface area contributed by atoms with Gasteiger partial charge in [-0.15, -0.1) is 0 Å². The van der Waals surface area contributed by atoms with Crippen LogP contribution in [0.3, 0.4) is 0 Å². The van der Waals surface area contributed by atoms with Gasteiger partial charge in [-0.1, -0.05) is 26.8 Å². The normalized spacial score (nSPS) is 15.7. The topological polar surface area (TPSA) is 72.8 Å². The Morgan fingerprint density at radius 1 is 1.27 bits per heavy atom. The van der Waals surface area contributed by atoms with Crippen molar-refractivity contribution in [1.82, 2.24) is 0 Å². The molecule has 1 aromatic rings. The van der Waals surface area contributed by atoms with Crippen molar-refractivity contribution >= 4 is 34.4 Å². The van der Waals surface area contributed by atoms with Gasteiger partial charge in [0, 0.05) is 13.0 Å². The third-order valence-corrected chi connectivity index (χ3v) is 10.4. The zero-order valence-corrected chi connectivity index (χ0v) is 19.5. The lowest BCUT2D eigenvalue weighted by Gasteiger charge is -2.37. The number of rotatable bonds is 8. The second-order valence-corrected chi connectivity index (χ2v) is 15.3. The summed E-state index contributed by atoms with van der Waals surface area (Å²) in [6.45, 7) is 10.3. The van der Waals surface area contributed by atoms with Crippen molar-refractivity contribution in [3.63, 3.8) is 0 Å². The van der Waals surface area contributed by atoms with E-state index in [1.165, 1.54) is 18.2 Å². The van der Waals surface area contributed by atoms with Crippen molar-refractivity contribution in [2.75, 3.05) is 19.5 Å². The van der Waals surface area contributed by atoms with Crippen LogP contribution in [0.1, 0.15) is 32.8 Å².